The Bertz CT molecular complexity index is 670. The van der Waals surface area contributed by atoms with Gasteiger partial charge < -0.3 is 9.15 Å². The van der Waals surface area contributed by atoms with E-state index in [1.54, 1.807) is 25.3 Å². The van der Waals surface area contributed by atoms with Crippen molar-refractivity contribution < 1.29 is 18.7 Å². The fourth-order valence-corrected chi connectivity index (χ4v) is 1.87. The molecule has 0 unspecified atom stereocenters. The lowest BCUT2D eigenvalue weighted by Gasteiger charge is -2.06. The van der Waals surface area contributed by atoms with E-state index < -0.39 is 6.09 Å². The summed E-state index contributed by atoms with van der Waals surface area (Å²) in [4.78, 5) is 26.7. The van der Waals surface area contributed by atoms with E-state index in [1.807, 2.05) is 12.1 Å². The van der Waals surface area contributed by atoms with Crippen molar-refractivity contribution >= 4 is 23.6 Å². The summed E-state index contributed by atoms with van der Waals surface area (Å²) >= 11 is 5.83. The van der Waals surface area contributed by atoms with Crippen molar-refractivity contribution in [3.63, 3.8) is 0 Å². The third-order valence-electron chi connectivity index (χ3n) is 2.83. The zero-order chi connectivity index (χ0) is 16.7. The summed E-state index contributed by atoms with van der Waals surface area (Å²) in [5.74, 6) is 0.659. The Morgan fingerprint density at radius 1 is 1.26 bits per heavy atom. The molecule has 1 heterocycles. The number of nitrogens with one attached hydrogen (secondary N) is 2. The number of hydrazine groups is 1. The number of oxazole rings is 1. The van der Waals surface area contributed by atoms with Crippen LogP contribution in [0.4, 0.5) is 4.79 Å². The van der Waals surface area contributed by atoms with E-state index in [2.05, 4.69) is 20.6 Å². The van der Waals surface area contributed by atoms with Crippen molar-refractivity contribution in [1.82, 2.24) is 15.8 Å². The standard InChI is InChI=1S/C15H16ClN3O4/c1-2-22-15(21)19-18-13(20)7-8-14-17-9-12(23-14)10-3-5-11(16)6-4-10/h3-6,9H,2,7-8H2,1H3,(H,18,20)(H,19,21). The minimum absolute atomic E-state index is 0.118. The van der Waals surface area contributed by atoms with E-state index in [9.17, 15) is 9.59 Å². The molecule has 0 aliphatic heterocycles. The summed E-state index contributed by atoms with van der Waals surface area (Å²) in [6, 6.07) is 7.16. The van der Waals surface area contributed by atoms with Gasteiger partial charge in [0.1, 0.15) is 0 Å². The Morgan fingerprint density at radius 3 is 2.70 bits per heavy atom. The molecule has 2 amide bonds. The van der Waals surface area contributed by atoms with E-state index in [4.69, 9.17) is 16.0 Å². The predicted octanol–water partition coefficient (Wildman–Crippen LogP) is 2.70. The number of nitrogens with zero attached hydrogens (tertiary/aromatic N) is 1. The third-order valence-corrected chi connectivity index (χ3v) is 3.08. The van der Waals surface area contributed by atoms with Crippen molar-refractivity contribution in [2.75, 3.05) is 6.61 Å². The van der Waals surface area contributed by atoms with Crippen molar-refractivity contribution in [2.45, 2.75) is 19.8 Å². The van der Waals surface area contributed by atoms with Crippen LogP contribution in [0, 0.1) is 0 Å². The highest BCUT2D eigenvalue weighted by molar-refractivity contribution is 6.30. The van der Waals surface area contributed by atoms with E-state index >= 15 is 0 Å². The summed E-state index contributed by atoms with van der Waals surface area (Å²) in [6.07, 6.45) is 1.31. The maximum absolute atomic E-state index is 11.6. The molecule has 0 saturated carbocycles. The SMILES string of the molecule is CCOC(=O)NNC(=O)CCc1ncc(-c2ccc(Cl)cc2)o1. The summed E-state index contributed by atoms with van der Waals surface area (Å²) in [5, 5.41) is 0.638. The molecule has 0 bridgehead atoms. The maximum Gasteiger partial charge on any atom is 0.426 e. The molecule has 23 heavy (non-hydrogen) atoms. The van der Waals surface area contributed by atoms with Crippen LogP contribution in [0.5, 0.6) is 0 Å². The fraction of sp³-hybridized carbons (Fsp3) is 0.267. The second-order valence-corrected chi connectivity index (χ2v) is 4.96. The number of hydrogen-bond donors (Lipinski definition) is 2. The van der Waals surface area contributed by atoms with E-state index in [0.717, 1.165) is 5.56 Å². The van der Waals surface area contributed by atoms with E-state index in [-0.39, 0.29) is 18.9 Å². The fourth-order valence-electron chi connectivity index (χ4n) is 1.74. The molecule has 2 N–H and O–H groups in total. The summed E-state index contributed by atoms with van der Waals surface area (Å²) in [5.41, 5.74) is 5.22. The monoisotopic (exact) mass is 337 g/mol. The molecule has 0 spiro atoms. The van der Waals surface area contributed by atoms with Gasteiger partial charge in [-0.15, -0.1) is 0 Å². The van der Waals surface area contributed by atoms with E-state index in [0.29, 0.717) is 23.1 Å². The first-order valence-corrected chi connectivity index (χ1v) is 7.38. The molecule has 2 aromatic rings. The number of halogens is 1. The van der Waals surface area contributed by atoms with Crippen LogP contribution in [0.1, 0.15) is 19.2 Å². The Hall–Kier alpha value is -2.54. The van der Waals surface area contributed by atoms with Crippen molar-refractivity contribution in [3.05, 3.63) is 41.4 Å². The Kier molecular flexibility index (Phi) is 5.99. The van der Waals surface area contributed by atoms with Gasteiger partial charge in [0.05, 0.1) is 12.8 Å². The van der Waals surface area contributed by atoms with Crippen LogP contribution in [0.3, 0.4) is 0 Å². The highest BCUT2D eigenvalue weighted by Gasteiger charge is 2.10. The van der Waals surface area contributed by atoms with Crippen molar-refractivity contribution in [1.29, 1.82) is 0 Å². The van der Waals surface area contributed by atoms with Crippen LogP contribution in [0.25, 0.3) is 11.3 Å². The number of carbonyl (C=O) groups is 2. The number of amides is 2. The topological polar surface area (TPSA) is 93.5 Å². The molecule has 122 valence electrons. The third kappa shape index (κ3) is 5.30. The molecule has 8 heteroatoms. The molecule has 1 aromatic heterocycles. The predicted molar refractivity (Wildman–Crippen MR) is 83.6 cm³/mol. The number of benzene rings is 1. The van der Waals surface area contributed by atoms with Gasteiger partial charge in [0.2, 0.25) is 5.91 Å². The largest absolute Gasteiger partial charge is 0.449 e. The Balaban J connectivity index is 1.81. The summed E-state index contributed by atoms with van der Waals surface area (Å²) in [6.45, 7) is 1.90. The van der Waals surface area contributed by atoms with Crippen molar-refractivity contribution in [3.8, 4) is 11.3 Å². The average Bonchev–Trinajstić information content (AvgIpc) is 3.01. The molecule has 0 aliphatic carbocycles. The molecule has 0 aliphatic rings. The van der Waals surface area contributed by atoms with Crippen LogP contribution in [-0.4, -0.2) is 23.6 Å². The van der Waals surface area contributed by atoms with Gasteiger partial charge in [-0.25, -0.2) is 15.2 Å². The van der Waals surface area contributed by atoms with Crippen LogP contribution in [-0.2, 0) is 16.0 Å². The number of carbonyl (C=O) groups excluding carboxylic acids is 2. The van der Waals surface area contributed by atoms with Crippen molar-refractivity contribution in [2.24, 2.45) is 0 Å². The van der Waals surface area contributed by atoms with Crippen LogP contribution in [0.15, 0.2) is 34.9 Å². The first-order valence-electron chi connectivity index (χ1n) is 7.00. The molecule has 7 nitrogen and oxygen atoms in total. The maximum atomic E-state index is 11.6. The second kappa shape index (κ2) is 8.19. The van der Waals surface area contributed by atoms with Crippen LogP contribution < -0.4 is 10.9 Å². The molecule has 0 saturated heterocycles. The highest BCUT2D eigenvalue weighted by Crippen LogP contribution is 2.22. The first-order chi connectivity index (χ1) is 11.1. The lowest BCUT2D eigenvalue weighted by Crippen LogP contribution is -2.42. The van der Waals surface area contributed by atoms with Gasteiger partial charge in [-0.2, -0.15) is 0 Å². The van der Waals surface area contributed by atoms with Gasteiger partial charge in [0.25, 0.3) is 0 Å². The smallest absolute Gasteiger partial charge is 0.426 e. The quantitative estimate of drug-likeness (QED) is 0.818. The summed E-state index contributed by atoms with van der Waals surface area (Å²) < 4.78 is 10.2. The Labute approximate surface area is 138 Å². The number of hydrogen-bond acceptors (Lipinski definition) is 5. The van der Waals surface area contributed by atoms with Gasteiger partial charge in [-0.05, 0) is 31.2 Å². The summed E-state index contributed by atoms with van der Waals surface area (Å²) in [7, 11) is 0. The van der Waals surface area contributed by atoms with Gasteiger partial charge in [0, 0.05) is 23.4 Å². The molecular weight excluding hydrogens is 322 g/mol. The minimum atomic E-state index is -0.706. The second-order valence-electron chi connectivity index (χ2n) is 4.52. The minimum Gasteiger partial charge on any atom is -0.449 e. The molecule has 0 fully saturated rings. The number of rotatable bonds is 5. The molecule has 1 aromatic carbocycles. The van der Waals surface area contributed by atoms with Crippen LogP contribution in [0.2, 0.25) is 5.02 Å². The number of aryl methyl sites for hydroxylation is 1. The van der Waals surface area contributed by atoms with Gasteiger partial charge in [-0.3, -0.25) is 10.2 Å². The zero-order valence-electron chi connectivity index (χ0n) is 12.5. The average molecular weight is 338 g/mol. The lowest BCUT2D eigenvalue weighted by atomic mass is 10.2. The van der Waals surface area contributed by atoms with Gasteiger partial charge in [-0.1, -0.05) is 11.6 Å². The zero-order valence-corrected chi connectivity index (χ0v) is 13.2. The molecule has 0 radical (unpaired) electrons. The first kappa shape index (κ1) is 16.8. The van der Waals surface area contributed by atoms with Crippen LogP contribution >= 0.6 is 11.6 Å². The highest BCUT2D eigenvalue weighted by atomic mass is 35.5. The molecule has 0 atom stereocenters. The normalized spacial score (nSPS) is 10.2. The molecule has 2 rings (SSSR count). The number of ether oxygens (including phenoxy) is 1. The van der Waals surface area contributed by atoms with Gasteiger partial charge >= 0.3 is 6.09 Å². The molecular formula is C15H16ClN3O4. The van der Waals surface area contributed by atoms with E-state index in [1.165, 1.54) is 0 Å². The Morgan fingerprint density at radius 2 is 2.00 bits per heavy atom. The number of aromatic nitrogens is 1. The lowest BCUT2D eigenvalue weighted by molar-refractivity contribution is -0.122. The van der Waals surface area contributed by atoms with Gasteiger partial charge in [0.15, 0.2) is 11.7 Å².